The highest BCUT2D eigenvalue weighted by molar-refractivity contribution is 5.70. The fraction of sp³-hybridized carbons (Fsp3) is 0.667. The monoisotopic (exact) mass is 130 g/mol. The Bertz CT molecular complexity index is 117. The van der Waals surface area contributed by atoms with Crippen molar-refractivity contribution >= 4 is 12.6 Å². The van der Waals surface area contributed by atoms with E-state index in [1.165, 1.54) is 13.8 Å². The molecule has 0 aromatic rings. The highest BCUT2D eigenvalue weighted by atomic mass is 16.3. The van der Waals surface area contributed by atoms with Crippen LogP contribution in [0.1, 0.15) is 13.8 Å². The van der Waals surface area contributed by atoms with E-state index in [1.807, 2.05) is 0 Å². The van der Waals surface area contributed by atoms with Gasteiger partial charge in [-0.3, -0.25) is 0 Å². The van der Waals surface area contributed by atoms with Gasteiger partial charge in [-0.2, -0.15) is 0 Å². The second-order valence-electron chi connectivity index (χ2n) is 2.27. The average Bonchev–Trinajstić information content (AvgIpc) is 1.86. The number of carbonyl (C=O) groups is 2. The number of hydrogen-bond donors (Lipinski definition) is 1. The predicted molar refractivity (Wildman–Crippen MR) is 31.9 cm³/mol. The first-order valence-corrected chi connectivity index (χ1v) is 2.68. The molecule has 0 spiro atoms. The van der Waals surface area contributed by atoms with E-state index in [0.717, 1.165) is 0 Å². The van der Waals surface area contributed by atoms with Crippen LogP contribution in [0.25, 0.3) is 0 Å². The number of rotatable bonds is 3. The molecule has 3 nitrogen and oxygen atoms in total. The van der Waals surface area contributed by atoms with E-state index in [4.69, 9.17) is 5.11 Å². The summed E-state index contributed by atoms with van der Waals surface area (Å²) in [5.74, 6) is -0.630. The molecule has 0 aliphatic rings. The molecule has 9 heavy (non-hydrogen) atoms. The van der Waals surface area contributed by atoms with Crippen LogP contribution in [-0.2, 0) is 9.59 Å². The molecular weight excluding hydrogens is 120 g/mol. The van der Waals surface area contributed by atoms with Crippen LogP contribution in [0, 0.1) is 5.92 Å². The third kappa shape index (κ3) is 1.93. The molecule has 0 radical (unpaired) electrons. The van der Waals surface area contributed by atoms with Gasteiger partial charge >= 0.3 is 0 Å². The van der Waals surface area contributed by atoms with Gasteiger partial charge < -0.3 is 14.7 Å². The molecule has 0 heterocycles. The molecule has 0 bridgehead atoms. The van der Waals surface area contributed by atoms with E-state index in [1.54, 1.807) is 0 Å². The summed E-state index contributed by atoms with van der Waals surface area (Å²) in [6, 6.07) is 0. The van der Waals surface area contributed by atoms with Gasteiger partial charge in [0, 0.05) is 5.92 Å². The van der Waals surface area contributed by atoms with Crippen molar-refractivity contribution in [3.05, 3.63) is 0 Å². The van der Waals surface area contributed by atoms with E-state index in [9.17, 15) is 9.59 Å². The first-order chi connectivity index (χ1) is 4.04. The summed E-state index contributed by atoms with van der Waals surface area (Å²) in [5.41, 5.74) is -1.50. The summed E-state index contributed by atoms with van der Waals surface area (Å²) in [6.45, 7) is 2.79. The van der Waals surface area contributed by atoms with Gasteiger partial charge in [-0.15, -0.1) is 0 Å². The second kappa shape index (κ2) is 2.73. The Labute approximate surface area is 53.7 Å². The average molecular weight is 130 g/mol. The molecule has 0 aliphatic carbocycles. The third-order valence-corrected chi connectivity index (χ3v) is 1.36. The van der Waals surface area contributed by atoms with E-state index in [0.29, 0.717) is 12.6 Å². The molecule has 2 atom stereocenters. The number of hydrogen-bond acceptors (Lipinski definition) is 3. The highest BCUT2D eigenvalue weighted by Crippen LogP contribution is 2.10. The first kappa shape index (κ1) is 8.30. The Morgan fingerprint density at radius 2 is 2.00 bits per heavy atom. The van der Waals surface area contributed by atoms with Gasteiger partial charge in [0.1, 0.15) is 11.9 Å². The molecule has 52 valence electrons. The minimum atomic E-state index is -1.50. The van der Waals surface area contributed by atoms with Gasteiger partial charge in [-0.05, 0) is 6.92 Å². The molecule has 0 saturated heterocycles. The summed E-state index contributed by atoms with van der Waals surface area (Å²) >= 11 is 0. The van der Waals surface area contributed by atoms with E-state index in [-0.39, 0.29) is 0 Å². The van der Waals surface area contributed by atoms with Crippen molar-refractivity contribution in [2.24, 2.45) is 5.92 Å². The molecule has 3 heteroatoms. The number of aldehydes is 2. The Morgan fingerprint density at radius 3 is 2.11 bits per heavy atom. The van der Waals surface area contributed by atoms with Crippen LogP contribution in [0.5, 0.6) is 0 Å². The highest BCUT2D eigenvalue weighted by Gasteiger charge is 2.26. The van der Waals surface area contributed by atoms with E-state index < -0.39 is 11.5 Å². The van der Waals surface area contributed by atoms with Crippen molar-refractivity contribution in [1.82, 2.24) is 0 Å². The molecule has 2 unspecified atom stereocenters. The quantitative estimate of drug-likeness (QED) is 0.537. The van der Waals surface area contributed by atoms with Crippen LogP contribution in [0.2, 0.25) is 0 Å². The Morgan fingerprint density at radius 1 is 1.56 bits per heavy atom. The summed E-state index contributed by atoms with van der Waals surface area (Å²) in [5, 5.41) is 8.99. The van der Waals surface area contributed by atoms with Gasteiger partial charge in [0.05, 0.1) is 0 Å². The fourth-order valence-electron chi connectivity index (χ4n) is 0.245. The smallest absolute Gasteiger partial charge is 0.151 e. The molecule has 0 aromatic heterocycles. The fourth-order valence-corrected chi connectivity index (χ4v) is 0.245. The molecule has 0 aromatic carbocycles. The normalized spacial score (nSPS) is 19.9. The maximum absolute atomic E-state index is 10.0. The summed E-state index contributed by atoms with van der Waals surface area (Å²) in [7, 11) is 0. The zero-order chi connectivity index (χ0) is 7.49. The first-order valence-electron chi connectivity index (χ1n) is 2.68. The van der Waals surface area contributed by atoms with E-state index >= 15 is 0 Å². The zero-order valence-electron chi connectivity index (χ0n) is 5.50. The van der Waals surface area contributed by atoms with Crippen LogP contribution in [0.4, 0.5) is 0 Å². The van der Waals surface area contributed by atoms with Crippen LogP contribution in [0.3, 0.4) is 0 Å². The van der Waals surface area contributed by atoms with Crippen molar-refractivity contribution in [2.45, 2.75) is 19.4 Å². The molecular formula is C6H10O3. The predicted octanol–water partition coefficient (Wildman–Crippen LogP) is -0.229. The largest absolute Gasteiger partial charge is 0.382 e. The lowest BCUT2D eigenvalue weighted by Gasteiger charge is -2.17. The molecule has 0 fully saturated rings. The lowest BCUT2D eigenvalue weighted by molar-refractivity contribution is -0.132. The van der Waals surface area contributed by atoms with Crippen LogP contribution in [-0.4, -0.2) is 23.3 Å². The van der Waals surface area contributed by atoms with Gasteiger partial charge in [0.25, 0.3) is 0 Å². The van der Waals surface area contributed by atoms with Crippen LogP contribution >= 0.6 is 0 Å². The van der Waals surface area contributed by atoms with Crippen molar-refractivity contribution < 1.29 is 14.7 Å². The standard InChI is InChI=1S/C6H10O3/c1-5(3-7)6(2,9)4-8/h3-5,9H,1-2H3. The zero-order valence-corrected chi connectivity index (χ0v) is 5.50. The molecule has 1 N–H and O–H groups in total. The number of aliphatic hydroxyl groups is 1. The molecule has 0 aliphatic heterocycles. The van der Waals surface area contributed by atoms with Crippen molar-refractivity contribution in [3.8, 4) is 0 Å². The van der Waals surface area contributed by atoms with Gasteiger partial charge in [0.15, 0.2) is 6.29 Å². The van der Waals surface area contributed by atoms with Gasteiger partial charge in [-0.1, -0.05) is 6.92 Å². The summed E-state index contributed by atoms with van der Waals surface area (Å²) < 4.78 is 0. The third-order valence-electron chi connectivity index (χ3n) is 1.36. The topological polar surface area (TPSA) is 54.4 Å². The lowest BCUT2D eigenvalue weighted by Crippen LogP contribution is -2.35. The van der Waals surface area contributed by atoms with Crippen molar-refractivity contribution in [2.75, 3.05) is 0 Å². The Balaban J connectivity index is 4.11. The van der Waals surface area contributed by atoms with Gasteiger partial charge in [-0.25, -0.2) is 0 Å². The maximum atomic E-state index is 10.0. The molecule has 0 amide bonds. The van der Waals surface area contributed by atoms with E-state index in [2.05, 4.69) is 0 Å². The SMILES string of the molecule is CC(C=O)C(C)(O)C=O. The van der Waals surface area contributed by atoms with Gasteiger partial charge in [0.2, 0.25) is 0 Å². The lowest BCUT2D eigenvalue weighted by atomic mass is 9.94. The molecule has 0 saturated carbocycles. The summed E-state index contributed by atoms with van der Waals surface area (Å²) in [6.07, 6.45) is 0.917. The molecule has 0 rings (SSSR count). The number of carbonyl (C=O) groups excluding carboxylic acids is 2. The minimum absolute atomic E-state index is 0.367. The maximum Gasteiger partial charge on any atom is 0.151 e. The minimum Gasteiger partial charge on any atom is -0.382 e. The Kier molecular flexibility index (Phi) is 2.52. The van der Waals surface area contributed by atoms with Crippen molar-refractivity contribution in [1.29, 1.82) is 0 Å². The van der Waals surface area contributed by atoms with Crippen molar-refractivity contribution in [3.63, 3.8) is 0 Å². The van der Waals surface area contributed by atoms with Crippen LogP contribution < -0.4 is 0 Å². The van der Waals surface area contributed by atoms with Crippen LogP contribution in [0.15, 0.2) is 0 Å². The Hall–Kier alpha value is -0.700. The second-order valence-corrected chi connectivity index (χ2v) is 2.27. The summed E-state index contributed by atoms with van der Waals surface area (Å²) in [4.78, 5) is 20.0.